The number of fused-ring (bicyclic) bond motifs is 3. The van der Waals surface area contributed by atoms with Gasteiger partial charge in [-0.1, -0.05) is 44.2 Å². The number of hydrogen-bond acceptors (Lipinski definition) is 15. The largest absolute Gasteiger partial charge is 0.508 e. The molecule has 5 aromatic rings. The molecule has 2 aliphatic heterocycles. The van der Waals surface area contributed by atoms with Crippen LogP contribution in [0, 0.1) is 12.8 Å². The molecule has 22 nitrogen and oxygen atoms in total. The van der Waals surface area contributed by atoms with Gasteiger partial charge >= 0.3 is 12.2 Å². The molecule has 0 bridgehead atoms. The van der Waals surface area contributed by atoms with Crippen LogP contribution in [0.25, 0.3) is 10.8 Å². The molecule has 0 radical (unpaired) electrons. The molecular weight excluding hydrogens is 1090 g/mol. The summed E-state index contributed by atoms with van der Waals surface area (Å²) >= 11 is 6.61. The number of aryl methyl sites for hydroxylation is 1. The van der Waals surface area contributed by atoms with Crippen LogP contribution >= 0.6 is 11.6 Å². The Morgan fingerprint density at radius 2 is 1.46 bits per heavy atom. The number of likely N-dealkylation sites (N-methyl/N-ethyl adjacent to an activating group) is 2. The number of aromatic hydroxyl groups is 1. The smallest absolute Gasteiger partial charge is 0.415 e. The highest BCUT2D eigenvalue weighted by Gasteiger charge is 2.37. The number of carbonyl (C=O) groups excluding carboxylic acids is 8. The van der Waals surface area contributed by atoms with E-state index < -0.39 is 47.9 Å². The molecule has 2 aliphatic rings. The first-order valence-corrected chi connectivity index (χ1v) is 27.4. The van der Waals surface area contributed by atoms with Crippen molar-refractivity contribution in [3.8, 4) is 11.5 Å². The predicted octanol–water partition coefficient (Wildman–Crippen LogP) is 6.73. The average Bonchev–Trinajstić information content (AvgIpc) is 4.07. The van der Waals surface area contributed by atoms with Crippen LogP contribution in [0.1, 0.15) is 53.7 Å². The second-order valence-electron chi connectivity index (χ2n) is 20.6. The van der Waals surface area contributed by atoms with Gasteiger partial charge in [0.2, 0.25) is 11.8 Å². The van der Waals surface area contributed by atoms with Crippen LogP contribution < -0.4 is 36.6 Å². The lowest BCUT2D eigenvalue weighted by Gasteiger charge is -2.28. The van der Waals surface area contributed by atoms with Crippen LogP contribution in [0.15, 0.2) is 121 Å². The van der Waals surface area contributed by atoms with Gasteiger partial charge in [-0.3, -0.25) is 38.6 Å². The normalized spacial score (nSPS) is 14.6. The van der Waals surface area contributed by atoms with Crippen LogP contribution in [0.5, 0.6) is 11.5 Å². The van der Waals surface area contributed by atoms with Crippen LogP contribution in [-0.4, -0.2) is 157 Å². The van der Waals surface area contributed by atoms with E-state index in [-0.39, 0.29) is 99.3 Å². The third-order valence-corrected chi connectivity index (χ3v) is 14.3. The number of anilines is 4. The van der Waals surface area contributed by atoms with Gasteiger partial charge in [0.15, 0.2) is 0 Å². The van der Waals surface area contributed by atoms with E-state index in [9.17, 15) is 43.5 Å². The molecule has 0 unspecified atom stereocenters. The standard InChI is InChI=1S/C60H69ClN10O12/c1-36(2)54(67(5)6)57(77)64-38(4)55(75)65-43-15-11-39(12-16-43)35-82-59(79)68(7)25-26-69(27-29-81-30-28-70-50(73)23-24-51(70)74)60(80)83-49-31-48-53(52-37(3)9-8-10-46(49)52)41(32-61)34-71(48)58(78)47(62)33-63-42-17-19-44(20-18-42)66-56(76)40-13-21-45(72)22-14-40/h8-24,31,33,36,38,41,54,63,72H,25-30,32,34-35,62H2,1-7H3,(H,64,77)(H,65,75)(H,66,76)/b47-33-/t38-,41+,54-/m0/s1. The van der Waals surface area contributed by atoms with E-state index in [1.54, 1.807) is 86.6 Å². The van der Waals surface area contributed by atoms with Crippen molar-refractivity contribution in [3.63, 3.8) is 0 Å². The summed E-state index contributed by atoms with van der Waals surface area (Å²) in [5, 5.41) is 22.3. The zero-order valence-electron chi connectivity index (χ0n) is 47.3. The third kappa shape index (κ3) is 15.7. The highest BCUT2D eigenvalue weighted by molar-refractivity contribution is 6.19. The van der Waals surface area contributed by atoms with Gasteiger partial charge in [-0.15, -0.1) is 11.6 Å². The lowest BCUT2D eigenvalue weighted by atomic mass is 9.92. The van der Waals surface area contributed by atoms with Crippen molar-refractivity contribution in [2.75, 3.05) is 93.8 Å². The summed E-state index contributed by atoms with van der Waals surface area (Å²) in [7, 11) is 5.12. The first kappa shape index (κ1) is 61.6. The zero-order valence-corrected chi connectivity index (χ0v) is 48.0. The van der Waals surface area contributed by atoms with E-state index in [1.165, 1.54) is 64.4 Å². The summed E-state index contributed by atoms with van der Waals surface area (Å²) in [6.07, 6.45) is 2.20. The number of rotatable bonds is 24. The average molecular weight is 1160 g/mol. The van der Waals surface area contributed by atoms with Gasteiger partial charge in [0.25, 0.3) is 23.6 Å². The van der Waals surface area contributed by atoms with Crippen molar-refractivity contribution in [1.82, 2.24) is 24.9 Å². The van der Waals surface area contributed by atoms with Gasteiger partial charge in [-0.2, -0.15) is 0 Å². The molecule has 7 rings (SSSR count). The van der Waals surface area contributed by atoms with Gasteiger partial charge in [0, 0.05) is 97.5 Å². The molecule has 8 amide bonds. The Morgan fingerprint density at radius 1 is 0.807 bits per heavy atom. The van der Waals surface area contributed by atoms with Gasteiger partial charge in [0.1, 0.15) is 29.8 Å². The molecule has 5 aromatic carbocycles. The van der Waals surface area contributed by atoms with Gasteiger partial charge in [-0.05, 0) is 117 Å². The minimum absolute atomic E-state index is 0.0112. The quantitative estimate of drug-likeness (QED) is 0.0162. The molecule has 83 heavy (non-hydrogen) atoms. The van der Waals surface area contributed by atoms with E-state index >= 15 is 0 Å². The fraction of sp³-hybridized carbons (Fsp3) is 0.333. The number of benzene rings is 5. The van der Waals surface area contributed by atoms with Gasteiger partial charge < -0.3 is 61.0 Å². The first-order chi connectivity index (χ1) is 39.6. The summed E-state index contributed by atoms with van der Waals surface area (Å²) in [6.45, 7) is 7.22. The Kier molecular flexibility index (Phi) is 20.9. The molecule has 3 atom stereocenters. The Labute approximate surface area is 486 Å². The number of nitrogens with zero attached hydrogens (tertiary/aromatic N) is 5. The highest BCUT2D eigenvalue weighted by atomic mass is 35.5. The number of nitrogens with one attached hydrogen (secondary N) is 4. The predicted molar refractivity (Wildman–Crippen MR) is 315 cm³/mol. The molecule has 7 N–H and O–H groups in total. The summed E-state index contributed by atoms with van der Waals surface area (Å²) < 4.78 is 17.6. The number of alkyl halides is 1. The summed E-state index contributed by atoms with van der Waals surface area (Å²) in [4.78, 5) is 112. The van der Waals surface area contributed by atoms with Crippen molar-refractivity contribution in [2.24, 2.45) is 11.7 Å². The Hall–Kier alpha value is -8.99. The van der Waals surface area contributed by atoms with E-state index in [0.717, 1.165) is 21.4 Å². The summed E-state index contributed by atoms with van der Waals surface area (Å²) in [5.74, 6) is -2.47. The van der Waals surface area contributed by atoms with Crippen LogP contribution in [-0.2, 0) is 40.1 Å². The molecule has 23 heteroatoms. The number of amides is 8. The van der Waals surface area contributed by atoms with Crippen molar-refractivity contribution >= 4 is 92.8 Å². The Morgan fingerprint density at radius 3 is 2.11 bits per heavy atom. The Balaban J connectivity index is 1.02. The molecular formula is C60H69ClN10O12. The van der Waals surface area contributed by atoms with E-state index in [1.807, 2.05) is 32.9 Å². The van der Waals surface area contributed by atoms with Gasteiger partial charge in [0.05, 0.1) is 31.5 Å². The number of nitrogens with two attached hydrogens (primary N) is 1. The molecule has 2 heterocycles. The van der Waals surface area contributed by atoms with Crippen molar-refractivity contribution in [1.29, 1.82) is 0 Å². The number of halogens is 1. The van der Waals surface area contributed by atoms with Crippen molar-refractivity contribution in [3.05, 3.63) is 143 Å². The van der Waals surface area contributed by atoms with Crippen LogP contribution in [0.2, 0.25) is 0 Å². The second kappa shape index (κ2) is 28.1. The second-order valence-corrected chi connectivity index (χ2v) is 20.9. The minimum atomic E-state index is -0.816. The van der Waals surface area contributed by atoms with Crippen LogP contribution in [0.3, 0.4) is 0 Å². The number of ether oxygens (including phenoxy) is 3. The molecule has 0 spiro atoms. The maximum atomic E-state index is 14.5. The van der Waals surface area contributed by atoms with Crippen molar-refractivity contribution < 1.29 is 57.7 Å². The third-order valence-electron chi connectivity index (χ3n) is 13.9. The molecule has 0 aliphatic carbocycles. The molecule has 0 fully saturated rings. The first-order valence-electron chi connectivity index (χ1n) is 26.8. The fourth-order valence-electron chi connectivity index (χ4n) is 9.52. The summed E-state index contributed by atoms with van der Waals surface area (Å²) in [6, 6.07) is 25.1. The molecule has 0 aromatic heterocycles. The van der Waals surface area contributed by atoms with E-state index in [4.69, 9.17) is 31.5 Å². The summed E-state index contributed by atoms with van der Waals surface area (Å²) in [5.41, 5.74) is 10.9. The number of carbonyl (C=O) groups is 8. The number of phenols is 1. The molecule has 0 saturated heterocycles. The zero-order chi connectivity index (χ0) is 60.1. The molecule has 438 valence electrons. The SMILES string of the molecule is Cc1cccc2c(OC(=O)N(CCOCCN3C(=O)C=CC3=O)CCN(C)C(=O)OCc3ccc(NC(=O)[C@H](C)NC(=O)[C@H](C(C)C)N(C)C)cc3)cc3c(c12)[C@H](CCl)CN3C(=O)/C(N)=C/Nc1ccc(NC(=O)c2ccc(O)cc2)cc1. The number of hydrogen-bond donors (Lipinski definition) is 6. The van der Waals surface area contributed by atoms with Crippen LogP contribution in [0.4, 0.5) is 32.3 Å². The van der Waals surface area contributed by atoms with Gasteiger partial charge in [-0.25, -0.2) is 9.59 Å². The highest BCUT2D eigenvalue weighted by Crippen LogP contribution is 2.47. The minimum Gasteiger partial charge on any atom is -0.508 e. The molecule has 0 saturated carbocycles. The topological polar surface area (TPSA) is 275 Å². The maximum absolute atomic E-state index is 14.5. The number of imide groups is 1. The number of phenolic OH excluding ortho intramolecular Hbond substituents is 1. The fourth-order valence-corrected chi connectivity index (χ4v) is 9.77. The lowest BCUT2D eigenvalue weighted by Crippen LogP contribution is -2.51. The maximum Gasteiger partial charge on any atom is 0.415 e. The Bertz CT molecular complexity index is 3250. The van der Waals surface area contributed by atoms with E-state index in [0.29, 0.717) is 39.3 Å². The lowest BCUT2D eigenvalue weighted by molar-refractivity contribution is -0.137. The van der Waals surface area contributed by atoms with Crippen molar-refractivity contribution in [2.45, 2.75) is 52.3 Å². The van der Waals surface area contributed by atoms with E-state index in [2.05, 4.69) is 21.3 Å². The monoisotopic (exact) mass is 1160 g/mol.